The Morgan fingerprint density at radius 3 is 2.32 bits per heavy atom. The van der Waals surface area contributed by atoms with Crippen LogP contribution in [0, 0.1) is 11.6 Å². The summed E-state index contributed by atoms with van der Waals surface area (Å²) >= 11 is 0. The average molecular weight is 379 g/mol. The Bertz CT molecular complexity index is 1120. The van der Waals surface area contributed by atoms with Crippen molar-refractivity contribution in [3.05, 3.63) is 95.8 Å². The van der Waals surface area contributed by atoms with E-state index in [0.29, 0.717) is 22.3 Å². The van der Waals surface area contributed by atoms with Crippen LogP contribution in [0.1, 0.15) is 16.1 Å². The smallest absolute Gasteiger partial charge is 0.291 e. The molecule has 6 heteroatoms. The van der Waals surface area contributed by atoms with E-state index in [9.17, 15) is 13.6 Å². The largest absolute Gasteiger partial charge is 0.489 e. The summed E-state index contributed by atoms with van der Waals surface area (Å²) in [5, 5.41) is 2.95. The summed E-state index contributed by atoms with van der Waals surface area (Å²) in [7, 11) is 0. The van der Waals surface area contributed by atoms with E-state index in [-0.39, 0.29) is 12.4 Å². The van der Waals surface area contributed by atoms with Crippen LogP contribution in [0.25, 0.3) is 11.0 Å². The van der Waals surface area contributed by atoms with Crippen LogP contribution in [0.5, 0.6) is 5.75 Å². The van der Waals surface area contributed by atoms with E-state index >= 15 is 0 Å². The molecule has 0 saturated heterocycles. The van der Waals surface area contributed by atoms with Gasteiger partial charge in [-0.2, -0.15) is 0 Å². The van der Waals surface area contributed by atoms with Gasteiger partial charge in [-0.1, -0.05) is 42.5 Å². The third-order valence-electron chi connectivity index (χ3n) is 4.23. The van der Waals surface area contributed by atoms with Gasteiger partial charge >= 0.3 is 0 Å². The highest BCUT2D eigenvalue weighted by Crippen LogP contribution is 2.29. The van der Waals surface area contributed by atoms with Crippen LogP contribution >= 0.6 is 0 Å². The van der Waals surface area contributed by atoms with Crippen LogP contribution < -0.4 is 10.1 Å². The number of amides is 1. The molecule has 1 heterocycles. The molecule has 1 amide bonds. The SMILES string of the molecule is O=C(Nc1c(F)cccc1F)c1oc2ccccc2c1COc1ccccc1. The zero-order chi connectivity index (χ0) is 19.5. The van der Waals surface area contributed by atoms with Crippen LogP contribution in [0.4, 0.5) is 14.5 Å². The summed E-state index contributed by atoms with van der Waals surface area (Å²) in [5.74, 6) is -1.93. The molecule has 0 spiro atoms. The zero-order valence-electron chi connectivity index (χ0n) is 14.6. The molecule has 0 aliphatic rings. The van der Waals surface area contributed by atoms with E-state index < -0.39 is 23.2 Å². The van der Waals surface area contributed by atoms with E-state index in [1.165, 1.54) is 6.07 Å². The van der Waals surface area contributed by atoms with Gasteiger partial charge in [-0.3, -0.25) is 4.79 Å². The van der Waals surface area contributed by atoms with Gasteiger partial charge in [0.15, 0.2) is 5.76 Å². The number of benzene rings is 3. The Morgan fingerprint density at radius 2 is 1.57 bits per heavy atom. The highest BCUT2D eigenvalue weighted by molar-refractivity contribution is 6.06. The quantitative estimate of drug-likeness (QED) is 0.495. The fourth-order valence-corrected chi connectivity index (χ4v) is 2.89. The number of carbonyl (C=O) groups excluding carboxylic acids is 1. The van der Waals surface area contributed by atoms with E-state index in [1.54, 1.807) is 30.3 Å². The number of para-hydroxylation sites is 3. The normalized spacial score (nSPS) is 10.8. The molecule has 1 aromatic heterocycles. The molecule has 0 aliphatic carbocycles. The monoisotopic (exact) mass is 379 g/mol. The number of nitrogens with one attached hydrogen (secondary N) is 1. The fraction of sp³-hybridized carbons (Fsp3) is 0.0455. The van der Waals surface area contributed by atoms with Crippen molar-refractivity contribution in [1.29, 1.82) is 0 Å². The highest BCUT2D eigenvalue weighted by atomic mass is 19.1. The summed E-state index contributed by atoms with van der Waals surface area (Å²) < 4.78 is 39.2. The first-order valence-electron chi connectivity index (χ1n) is 8.57. The maximum absolute atomic E-state index is 13.9. The topological polar surface area (TPSA) is 51.5 Å². The van der Waals surface area contributed by atoms with Gasteiger partial charge < -0.3 is 14.5 Å². The number of fused-ring (bicyclic) bond motifs is 1. The number of furan rings is 1. The summed E-state index contributed by atoms with van der Waals surface area (Å²) in [4.78, 5) is 12.7. The molecule has 0 atom stereocenters. The Hall–Kier alpha value is -3.67. The zero-order valence-corrected chi connectivity index (χ0v) is 14.6. The fourth-order valence-electron chi connectivity index (χ4n) is 2.89. The molecule has 0 saturated carbocycles. The second-order valence-corrected chi connectivity index (χ2v) is 6.06. The maximum atomic E-state index is 13.9. The van der Waals surface area contributed by atoms with Crippen molar-refractivity contribution in [2.45, 2.75) is 6.61 Å². The van der Waals surface area contributed by atoms with Gasteiger partial charge in [0.1, 0.15) is 35.3 Å². The van der Waals surface area contributed by atoms with Crippen LogP contribution in [-0.2, 0) is 6.61 Å². The summed E-state index contributed by atoms with van der Waals surface area (Å²) in [6.45, 7) is 0.0591. The number of anilines is 1. The van der Waals surface area contributed by atoms with Crippen molar-refractivity contribution in [1.82, 2.24) is 0 Å². The van der Waals surface area contributed by atoms with Gasteiger partial charge in [-0.15, -0.1) is 0 Å². The molecule has 4 rings (SSSR count). The molecule has 0 fully saturated rings. The first-order chi connectivity index (χ1) is 13.6. The molecule has 28 heavy (non-hydrogen) atoms. The first-order valence-corrected chi connectivity index (χ1v) is 8.57. The lowest BCUT2D eigenvalue weighted by atomic mass is 10.1. The molecule has 0 aliphatic heterocycles. The van der Waals surface area contributed by atoms with Gasteiger partial charge in [-0.25, -0.2) is 8.78 Å². The molecule has 0 bridgehead atoms. The minimum absolute atomic E-state index is 0.0558. The minimum atomic E-state index is -0.869. The number of hydrogen-bond donors (Lipinski definition) is 1. The molecule has 4 aromatic rings. The number of halogens is 2. The van der Waals surface area contributed by atoms with E-state index in [0.717, 1.165) is 12.1 Å². The van der Waals surface area contributed by atoms with Crippen molar-refractivity contribution in [3.8, 4) is 5.75 Å². The first kappa shape index (κ1) is 17.7. The van der Waals surface area contributed by atoms with Crippen LogP contribution in [0.15, 0.2) is 77.2 Å². The second kappa shape index (κ2) is 7.52. The van der Waals surface area contributed by atoms with E-state index in [1.807, 2.05) is 24.3 Å². The molecular formula is C22H15F2NO3. The second-order valence-electron chi connectivity index (χ2n) is 6.06. The predicted molar refractivity (Wildman–Crippen MR) is 101 cm³/mol. The molecule has 0 unspecified atom stereocenters. The van der Waals surface area contributed by atoms with Gasteiger partial charge in [0.05, 0.1) is 0 Å². The lowest BCUT2D eigenvalue weighted by Crippen LogP contribution is -2.16. The van der Waals surface area contributed by atoms with Crippen LogP contribution in [0.3, 0.4) is 0 Å². The van der Waals surface area contributed by atoms with Gasteiger partial charge in [-0.05, 0) is 30.3 Å². The molecule has 3 aromatic carbocycles. The van der Waals surface area contributed by atoms with Crippen LogP contribution in [-0.4, -0.2) is 5.91 Å². The van der Waals surface area contributed by atoms with Crippen molar-refractivity contribution in [3.63, 3.8) is 0 Å². The Morgan fingerprint density at radius 1 is 0.893 bits per heavy atom. The van der Waals surface area contributed by atoms with Crippen molar-refractivity contribution < 1.29 is 22.7 Å². The Labute approximate surface area is 159 Å². The molecule has 0 radical (unpaired) electrons. The molecule has 4 nitrogen and oxygen atoms in total. The number of carbonyl (C=O) groups is 1. The molecule has 1 N–H and O–H groups in total. The Balaban J connectivity index is 1.68. The lowest BCUT2D eigenvalue weighted by molar-refractivity contribution is 0.0994. The number of hydrogen-bond acceptors (Lipinski definition) is 3. The third-order valence-corrected chi connectivity index (χ3v) is 4.23. The van der Waals surface area contributed by atoms with E-state index in [4.69, 9.17) is 9.15 Å². The average Bonchev–Trinajstić information content (AvgIpc) is 3.09. The summed E-state index contributed by atoms with van der Waals surface area (Å²) in [6, 6.07) is 19.5. The predicted octanol–water partition coefficient (Wildman–Crippen LogP) is 5.54. The third kappa shape index (κ3) is 3.44. The standard InChI is InChI=1S/C22H15F2NO3/c23-17-10-6-11-18(24)20(17)25-22(26)21-16(13-27-14-7-2-1-3-8-14)15-9-4-5-12-19(15)28-21/h1-12H,13H2,(H,25,26). The summed E-state index contributed by atoms with van der Waals surface area (Å²) in [6.07, 6.45) is 0. The number of rotatable bonds is 5. The maximum Gasteiger partial charge on any atom is 0.291 e. The summed E-state index contributed by atoms with van der Waals surface area (Å²) in [5.41, 5.74) is 0.449. The van der Waals surface area contributed by atoms with Crippen molar-refractivity contribution >= 4 is 22.6 Å². The van der Waals surface area contributed by atoms with E-state index in [2.05, 4.69) is 5.32 Å². The highest BCUT2D eigenvalue weighted by Gasteiger charge is 2.23. The van der Waals surface area contributed by atoms with Gasteiger partial charge in [0, 0.05) is 10.9 Å². The van der Waals surface area contributed by atoms with Crippen molar-refractivity contribution in [2.24, 2.45) is 0 Å². The molecule has 140 valence electrons. The van der Waals surface area contributed by atoms with Gasteiger partial charge in [0.25, 0.3) is 5.91 Å². The van der Waals surface area contributed by atoms with Crippen molar-refractivity contribution in [2.75, 3.05) is 5.32 Å². The number of ether oxygens (including phenoxy) is 1. The lowest BCUT2D eigenvalue weighted by Gasteiger charge is -2.09. The van der Waals surface area contributed by atoms with Gasteiger partial charge in [0.2, 0.25) is 0 Å². The Kier molecular flexibility index (Phi) is 4.76. The van der Waals surface area contributed by atoms with Crippen LogP contribution in [0.2, 0.25) is 0 Å². The minimum Gasteiger partial charge on any atom is -0.489 e. The molecular weight excluding hydrogens is 364 g/mol.